The molecule has 1 aromatic rings. The molecule has 0 aromatic carbocycles. The van der Waals surface area contributed by atoms with Crippen molar-refractivity contribution in [3.05, 3.63) is 24.0 Å². The first-order valence-corrected chi connectivity index (χ1v) is 13.9. The quantitative estimate of drug-likeness (QED) is 0.469. The van der Waals surface area contributed by atoms with Gasteiger partial charge in [-0.15, -0.1) is 0 Å². The first-order valence-electron chi connectivity index (χ1n) is 13.9. The Morgan fingerprint density at radius 3 is 2.70 bits per heavy atom. The van der Waals surface area contributed by atoms with Gasteiger partial charge < -0.3 is 9.47 Å². The van der Waals surface area contributed by atoms with E-state index in [2.05, 4.69) is 31.8 Å². The topological polar surface area (TPSA) is 31.4 Å². The third-order valence-corrected chi connectivity index (χ3v) is 12.5. The minimum absolute atomic E-state index is 0.517. The molecule has 5 saturated carbocycles. The summed E-state index contributed by atoms with van der Waals surface area (Å²) in [6.07, 6.45) is 16.3. The highest BCUT2D eigenvalue weighted by Gasteiger charge is 2.77. The third-order valence-electron chi connectivity index (χ3n) is 12.5. The lowest BCUT2D eigenvalue weighted by Crippen LogP contribution is -2.57. The van der Waals surface area contributed by atoms with Crippen LogP contribution in [0.15, 0.2) is 18.3 Å². The summed E-state index contributed by atoms with van der Waals surface area (Å²) in [7, 11) is 3.76. The van der Waals surface area contributed by atoms with Crippen molar-refractivity contribution in [1.82, 2.24) is 4.98 Å². The summed E-state index contributed by atoms with van der Waals surface area (Å²) < 4.78 is 11.7. The molecule has 3 nitrogen and oxygen atoms in total. The Kier molecular flexibility index (Phi) is 5.22. The molecule has 1 aromatic heterocycles. The van der Waals surface area contributed by atoms with Crippen LogP contribution in [0.3, 0.4) is 0 Å². The van der Waals surface area contributed by atoms with Crippen molar-refractivity contribution in [2.45, 2.75) is 91.1 Å². The van der Waals surface area contributed by atoms with E-state index < -0.39 is 0 Å². The lowest BCUT2D eigenvalue weighted by molar-refractivity contribution is -0.161. The average Bonchev–Trinajstić information content (AvgIpc) is 3.33. The molecule has 33 heavy (non-hydrogen) atoms. The zero-order valence-corrected chi connectivity index (χ0v) is 21.6. The first-order chi connectivity index (χ1) is 15.9. The molecule has 0 bridgehead atoms. The molecule has 5 fully saturated rings. The summed E-state index contributed by atoms with van der Waals surface area (Å²) in [5.74, 6) is 6.26. The molecular formula is C30H45NO2. The molecule has 0 radical (unpaired) electrons. The van der Waals surface area contributed by atoms with Gasteiger partial charge in [-0.1, -0.05) is 20.8 Å². The number of rotatable bonds is 6. The maximum atomic E-state index is 6.31. The average molecular weight is 452 g/mol. The van der Waals surface area contributed by atoms with E-state index >= 15 is 0 Å². The molecule has 1 heterocycles. The number of nitrogens with zero attached hydrogens (tertiary/aromatic N) is 1. The zero-order chi connectivity index (χ0) is 23.0. The fourth-order valence-corrected chi connectivity index (χ4v) is 10.9. The van der Waals surface area contributed by atoms with E-state index in [0.29, 0.717) is 22.3 Å². The number of fused-ring (bicyclic) bond motifs is 4. The summed E-state index contributed by atoms with van der Waals surface area (Å²) in [6, 6.07) is 4.07. The van der Waals surface area contributed by atoms with E-state index in [1.807, 2.05) is 19.4 Å². The molecule has 0 amide bonds. The molecule has 0 aliphatic heterocycles. The standard InChI is InChI=1S/C30H45NO2/c1-19(6-7-21-16-22(32-4)12-15-31-21)24-8-9-25-23-17-27(33-5)30-18-20(30)10-14-29(30,3)26(23)11-13-28(24,25)2/h12,15-16,19-20,23-27H,6-11,13-14,17-18H2,1-5H3/t19-,20-,23+,24-,25+,26+,27?,28-,29-,30?/m1/s1. The molecule has 5 aliphatic carbocycles. The predicted molar refractivity (Wildman–Crippen MR) is 132 cm³/mol. The fraction of sp³-hybridized carbons (Fsp3) is 0.833. The van der Waals surface area contributed by atoms with Gasteiger partial charge in [-0.05, 0) is 117 Å². The maximum absolute atomic E-state index is 6.31. The smallest absolute Gasteiger partial charge is 0.122 e. The van der Waals surface area contributed by atoms with Gasteiger partial charge >= 0.3 is 0 Å². The maximum Gasteiger partial charge on any atom is 0.122 e. The van der Waals surface area contributed by atoms with Crippen LogP contribution in [0.25, 0.3) is 0 Å². The molecule has 1 spiro atoms. The SMILES string of the molecule is COc1ccnc(CC[C@@H](C)[C@H]2CC[C@H]3[C@@H]4CC(OC)C56C[C@H]5CC[C@]6(C)[C@H]4CC[C@]23C)c1. The van der Waals surface area contributed by atoms with Gasteiger partial charge in [-0.25, -0.2) is 0 Å². The van der Waals surface area contributed by atoms with E-state index in [4.69, 9.17) is 9.47 Å². The largest absolute Gasteiger partial charge is 0.497 e. The van der Waals surface area contributed by atoms with Gasteiger partial charge in [0.1, 0.15) is 5.75 Å². The third kappa shape index (κ3) is 2.99. The van der Waals surface area contributed by atoms with Gasteiger partial charge in [0.25, 0.3) is 0 Å². The van der Waals surface area contributed by atoms with Gasteiger partial charge in [-0.2, -0.15) is 0 Å². The van der Waals surface area contributed by atoms with Crippen molar-refractivity contribution in [1.29, 1.82) is 0 Å². The van der Waals surface area contributed by atoms with Gasteiger partial charge in [0.2, 0.25) is 0 Å². The van der Waals surface area contributed by atoms with Crippen LogP contribution in [0.1, 0.15) is 84.3 Å². The number of ether oxygens (including phenoxy) is 2. The highest BCUT2D eigenvalue weighted by molar-refractivity contribution is 5.26. The number of pyridine rings is 1. The van der Waals surface area contributed by atoms with Crippen LogP contribution in [-0.2, 0) is 11.2 Å². The monoisotopic (exact) mass is 451 g/mol. The summed E-state index contributed by atoms with van der Waals surface area (Å²) in [5.41, 5.74) is 2.79. The van der Waals surface area contributed by atoms with E-state index in [1.165, 1.54) is 63.5 Å². The van der Waals surface area contributed by atoms with Crippen molar-refractivity contribution < 1.29 is 9.47 Å². The second-order valence-electron chi connectivity index (χ2n) is 13.2. The molecule has 3 heteroatoms. The van der Waals surface area contributed by atoms with Gasteiger partial charge in [0.15, 0.2) is 0 Å². The Labute approximate surface area is 201 Å². The van der Waals surface area contributed by atoms with Gasteiger partial charge in [0.05, 0.1) is 13.2 Å². The highest BCUT2D eigenvalue weighted by Crippen LogP contribution is 2.82. The lowest BCUT2D eigenvalue weighted by atomic mass is 9.45. The summed E-state index contributed by atoms with van der Waals surface area (Å²) >= 11 is 0. The number of methoxy groups -OCH3 is 2. The number of hydrogen-bond donors (Lipinski definition) is 0. The number of hydrogen-bond acceptors (Lipinski definition) is 3. The molecule has 10 atom stereocenters. The van der Waals surface area contributed by atoms with Crippen LogP contribution in [-0.4, -0.2) is 25.3 Å². The minimum atomic E-state index is 0.517. The summed E-state index contributed by atoms with van der Waals surface area (Å²) in [5, 5.41) is 0. The normalized spacial score (nSPS) is 48.4. The Morgan fingerprint density at radius 2 is 1.94 bits per heavy atom. The molecule has 182 valence electrons. The van der Waals surface area contributed by atoms with Crippen LogP contribution in [0.2, 0.25) is 0 Å². The van der Waals surface area contributed by atoms with Crippen molar-refractivity contribution in [2.24, 2.45) is 51.8 Å². The van der Waals surface area contributed by atoms with E-state index in [9.17, 15) is 0 Å². The van der Waals surface area contributed by atoms with Crippen molar-refractivity contribution in [2.75, 3.05) is 14.2 Å². The molecule has 6 rings (SSSR count). The van der Waals surface area contributed by atoms with Gasteiger partial charge in [0, 0.05) is 30.5 Å². The zero-order valence-electron chi connectivity index (χ0n) is 21.6. The summed E-state index contributed by atoms with van der Waals surface area (Å²) in [6.45, 7) is 7.92. The number of aryl methyl sites for hydroxylation is 1. The van der Waals surface area contributed by atoms with Crippen LogP contribution in [0.4, 0.5) is 0 Å². The Morgan fingerprint density at radius 1 is 1.09 bits per heavy atom. The molecule has 2 unspecified atom stereocenters. The minimum Gasteiger partial charge on any atom is -0.497 e. The second kappa shape index (κ2) is 7.70. The van der Waals surface area contributed by atoms with Crippen LogP contribution < -0.4 is 4.74 Å². The van der Waals surface area contributed by atoms with Crippen LogP contribution in [0, 0.1) is 51.8 Å². The van der Waals surface area contributed by atoms with Crippen LogP contribution >= 0.6 is 0 Å². The van der Waals surface area contributed by atoms with Crippen LogP contribution in [0.5, 0.6) is 5.75 Å². The first kappa shape index (κ1) is 22.4. The molecule has 0 saturated heterocycles. The fourth-order valence-electron chi connectivity index (χ4n) is 10.9. The van der Waals surface area contributed by atoms with Crippen molar-refractivity contribution >= 4 is 0 Å². The Balaban J connectivity index is 1.19. The Hall–Kier alpha value is -1.09. The van der Waals surface area contributed by atoms with E-state index in [0.717, 1.165) is 47.7 Å². The van der Waals surface area contributed by atoms with Crippen molar-refractivity contribution in [3.63, 3.8) is 0 Å². The highest BCUT2D eigenvalue weighted by atomic mass is 16.5. The second-order valence-corrected chi connectivity index (χ2v) is 13.2. The van der Waals surface area contributed by atoms with E-state index in [-0.39, 0.29) is 0 Å². The van der Waals surface area contributed by atoms with Gasteiger partial charge in [-0.3, -0.25) is 4.98 Å². The molecule has 5 aliphatic rings. The molecule has 0 N–H and O–H groups in total. The lowest BCUT2D eigenvalue weighted by Gasteiger charge is -2.61. The predicted octanol–water partition coefficient (Wildman–Crippen LogP) is 6.94. The Bertz CT molecular complexity index is 901. The van der Waals surface area contributed by atoms with Crippen molar-refractivity contribution in [3.8, 4) is 5.75 Å². The van der Waals surface area contributed by atoms with E-state index in [1.54, 1.807) is 7.11 Å². The summed E-state index contributed by atoms with van der Waals surface area (Å²) in [4.78, 5) is 4.61. The number of aromatic nitrogens is 1. The molecular weight excluding hydrogens is 406 g/mol.